The fourth-order valence-electron chi connectivity index (χ4n) is 3.26. The highest BCUT2D eigenvalue weighted by Crippen LogP contribution is 2.35. The van der Waals surface area contributed by atoms with Crippen molar-refractivity contribution >= 4 is 5.78 Å². The summed E-state index contributed by atoms with van der Waals surface area (Å²) in [6, 6.07) is 9.16. The zero-order chi connectivity index (χ0) is 22.3. The second-order valence-electron chi connectivity index (χ2n) is 7.89. The van der Waals surface area contributed by atoms with E-state index in [2.05, 4.69) is 9.97 Å². The van der Waals surface area contributed by atoms with Crippen molar-refractivity contribution in [2.24, 2.45) is 5.92 Å². The van der Waals surface area contributed by atoms with Gasteiger partial charge in [0.05, 0.1) is 26.0 Å². The molecule has 0 unspecified atom stereocenters. The number of benzene rings is 1. The highest BCUT2D eigenvalue weighted by Gasteiger charge is 2.23. The Morgan fingerprint density at radius 3 is 2.81 bits per heavy atom. The number of hydrogen-bond acceptors (Lipinski definition) is 7. The van der Waals surface area contributed by atoms with E-state index in [9.17, 15) is 4.79 Å². The fraction of sp³-hybridized carbons (Fsp3) is 0.400. The van der Waals surface area contributed by atoms with Gasteiger partial charge < -0.3 is 18.6 Å². The molecule has 7 heteroatoms. The lowest BCUT2D eigenvalue weighted by atomic mass is 10.1. The van der Waals surface area contributed by atoms with Gasteiger partial charge >= 0.3 is 0 Å². The maximum atomic E-state index is 12.7. The second-order valence-corrected chi connectivity index (χ2v) is 7.89. The highest BCUT2D eigenvalue weighted by atomic mass is 16.5. The first-order valence-corrected chi connectivity index (χ1v) is 11.0. The third kappa shape index (κ3) is 5.46. The van der Waals surface area contributed by atoms with E-state index in [1.165, 1.54) is 12.8 Å². The maximum Gasteiger partial charge on any atom is 0.226 e. The van der Waals surface area contributed by atoms with Crippen LogP contribution >= 0.6 is 0 Å². The van der Waals surface area contributed by atoms with Crippen molar-refractivity contribution in [2.45, 2.75) is 39.0 Å². The van der Waals surface area contributed by atoms with Gasteiger partial charge in [-0.2, -0.15) is 0 Å². The number of carbonyl (C=O) groups excluding carboxylic acids is 1. The van der Waals surface area contributed by atoms with Crippen LogP contribution in [-0.2, 0) is 6.42 Å². The zero-order valence-corrected chi connectivity index (χ0v) is 18.5. The number of pyridine rings is 1. The van der Waals surface area contributed by atoms with E-state index in [1.807, 2.05) is 25.1 Å². The van der Waals surface area contributed by atoms with E-state index in [-0.39, 0.29) is 12.2 Å². The molecule has 0 radical (unpaired) electrons. The van der Waals surface area contributed by atoms with Gasteiger partial charge in [0.25, 0.3) is 0 Å². The van der Waals surface area contributed by atoms with Crippen LogP contribution in [0.1, 0.15) is 48.8 Å². The molecule has 3 aromatic rings. The molecule has 1 fully saturated rings. The Kier molecular flexibility index (Phi) is 7.04. The number of oxazole rings is 1. The molecule has 4 rings (SSSR count). The molecule has 0 atom stereocenters. The lowest BCUT2D eigenvalue weighted by Gasteiger charge is -2.11. The summed E-state index contributed by atoms with van der Waals surface area (Å²) in [7, 11) is 1.62. The van der Waals surface area contributed by atoms with Gasteiger partial charge in [-0.15, -0.1) is 0 Å². The Bertz CT molecular complexity index is 1060. The van der Waals surface area contributed by atoms with E-state index in [0.29, 0.717) is 60.1 Å². The predicted octanol–water partition coefficient (Wildman–Crippen LogP) is 5.14. The van der Waals surface area contributed by atoms with Crippen LogP contribution in [0.3, 0.4) is 0 Å². The third-order valence-corrected chi connectivity index (χ3v) is 5.24. The molecule has 0 amide bonds. The van der Waals surface area contributed by atoms with Crippen LogP contribution in [-0.4, -0.2) is 36.1 Å². The summed E-state index contributed by atoms with van der Waals surface area (Å²) >= 11 is 0. The van der Waals surface area contributed by atoms with Crippen molar-refractivity contribution in [3.05, 3.63) is 54.2 Å². The number of ether oxygens (including phenoxy) is 3. The number of carbonyl (C=O) groups is 1. The molecule has 168 valence electrons. The highest BCUT2D eigenvalue weighted by molar-refractivity contribution is 5.96. The standard InChI is InChI=1S/C25H28N2O5/c1-3-13-30-22-5-4-12-26-24(22)20(28)10-9-19-16-32-25(27-19)18-8-11-21(29-2)23(14-18)31-15-17-6-7-17/h4-5,8,11-12,14,16-17H,3,6-7,9-10,13,15H2,1-2H3. The van der Waals surface area contributed by atoms with Crippen molar-refractivity contribution in [3.8, 4) is 28.7 Å². The van der Waals surface area contributed by atoms with Crippen LogP contribution in [0.5, 0.6) is 17.2 Å². The molecular weight excluding hydrogens is 408 g/mol. The SMILES string of the molecule is CCCOc1cccnc1C(=O)CCc1coc(-c2ccc(OC)c(OCC3CC3)c2)n1. The van der Waals surface area contributed by atoms with Gasteiger partial charge in [-0.3, -0.25) is 4.79 Å². The average Bonchev–Trinajstić information content (AvgIpc) is 3.54. The number of aryl methyl sites for hydroxylation is 1. The number of nitrogens with zero attached hydrogens (tertiary/aromatic N) is 2. The lowest BCUT2D eigenvalue weighted by molar-refractivity contribution is 0.0973. The molecule has 1 aliphatic carbocycles. The molecule has 32 heavy (non-hydrogen) atoms. The minimum atomic E-state index is -0.0820. The van der Waals surface area contributed by atoms with Crippen molar-refractivity contribution in [1.82, 2.24) is 9.97 Å². The number of methoxy groups -OCH3 is 1. The van der Waals surface area contributed by atoms with Crippen LogP contribution in [0.2, 0.25) is 0 Å². The molecule has 1 saturated carbocycles. The first kappa shape index (κ1) is 21.9. The minimum Gasteiger partial charge on any atom is -0.493 e. The molecular formula is C25H28N2O5. The smallest absolute Gasteiger partial charge is 0.226 e. The topological polar surface area (TPSA) is 83.7 Å². The van der Waals surface area contributed by atoms with Crippen molar-refractivity contribution in [1.29, 1.82) is 0 Å². The molecule has 0 spiro atoms. The number of Topliss-reactive ketones (excluding diaryl/α,β-unsaturated/α-hetero) is 1. The summed E-state index contributed by atoms with van der Waals surface area (Å²) in [6.07, 6.45) is 7.21. The summed E-state index contributed by atoms with van der Waals surface area (Å²) in [5, 5.41) is 0. The minimum absolute atomic E-state index is 0.0820. The molecule has 0 saturated heterocycles. The molecule has 1 aliphatic rings. The van der Waals surface area contributed by atoms with E-state index in [0.717, 1.165) is 12.0 Å². The second kappa shape index (κ2) is 10.3. The van der Waals surface area contributed by atoms with E-state index in [1.54, 1.807) is 31.7 Å². The molecule has 0 bridgehead atoms. The average molecular weight is 437 g/mol. The monoisotopic (exact) mass is 436 g/mol. The normalized spacial score (nSPS) is 13.1. The maximum absolute atomic E-state index is 12.7. The van der Waals surface area contributed by atoms with Crippen LogP contribution in [0.25, 0.3) is 11.5 Å². The van der Waals surface area contributed by atoms with E-state index in [4.69, 9.17) is 18.6 Å². The summed E-state index contributed by atoms with van der Waals surface area (Å²) < 4.78 is 22.7. The third-order valence-electron chi connectivity index (χ3n) is 5.24. The molecule has 7 nitrogen and oxygen atoms in total. The first-order valence-electron chi connectivity index (χ1n) is 11.0. The molecule has 0 aliphatic heterocycles. The van der Waals surface area contributed by atoms with Crippen LogP contribution in [0.15, 0.2) is 47.2 Å². The molecule has 2 heterocycles. The predicted molar refractivity (Wildman–Crippen MR) is 119 cm³/mol. The van der Waals surface area contributed by atoms with Gasteiger partial charge in [-0.05, 0) is 55.5 Å². The Morgan fingerprint density at radius 2 is 2.03 bits per heavy atom. The van der Waals surface area contributed by atoms with Gasteiger partial charge in [0.1, 0.15) is 17.7 Å². The quantitative estimate of drug-likeness (QED) is 0.364. The molecule has 2 aromatic heterocycles. The van der Waals surface area contributed by atoms with Gasteiger partial charge in [0, 0.05) is 24.6 Å². The van der Waals surface area contributed by atoms with Crippen molar-refractivity contribution in [3.63, 3.8) is 0 Å². The van der Waals surface area contributed by atoms with Gasteiger partial charge in [-0.25, -0.2) is 9.97 Å². The molecule has 0 N–H and O–H groups in total. The number of aromatic nitrogens is 2. The Morgan fingerprint density at radius 1 is 1.16 bits per heavy atom. The molecule has 1 aromatic carbocycles. The van der Waals surface area contributed by atoms with Crippen LogP contribution in [0.4, 0.5) is 0 Å². The summed E-state index contributed by atoms with van der Waals surface area (Å²) in [5.41, 5.74) is 1.86. The Balaban J connectivity index is 1.41. The number of hydrogen-bond donors (Lipinski definition) is 0. The summed E-state index contributed by atoms with van der Waals surface area (Å²) in [5.74, 6) is 2.93. The van der Waals surface area contributed by atoms with Crippen molar-refractivity contribution in [2.75, 3.05) is 20.3 Å². The van der Waals surface area contributed by atoms with Crippen LogP contribution < -0.4 is 14.2 Å². The van der Waals surface area contributed by atoms with Gasteiger partial charge in [0.2, 0.25) is 5.89 Å². The van der Waals surface area contributed by atoms with E-state index >= 15 is 0 Å². The van der Waals surface area contributed by atoms with E-state index < -0.39 is 0 Å². The lowest BCUT2D eigenvalue weighted by Crippen LogP contribution is -2.08. The van der Waals surface area contributed by atoms with Crippen LogP contribution in [0, 0.1) is 5.92 Å². The Hall–Kier alpha value is -3.35. The summed E-state index contributed by atoms with van der Waals surface area (Å²) in [4.78, 5) is 21.5. The number of ketones is 1. The zero-order valence-electron chi connectivity index (χ0n) is 18.5. The number of rotatable bonds is 12. The first-order chi connectivity index (χ1) is 15.7. The fourth-order valence-corrected chi connectivity index (χ4v) is 3.26. The largest absolute Gasteiger partial charge is 0.493 e. The van der Waals surface area contributed by atoms with Gasteiger partial charge in [0.15, 0.2) is 17.3 Å². The van der Waals surface area contributed by atoms with Crippen molar-refractivity contribution < 1.29 is 23.4 Å². The van der Waals surface area contributed by atoms with Gasteiger partial charge in [-0.1, -0.05) is 6.92 Å². The Labute approximate surface area is 187 Å². The summed E-state index contributed by atoms with van der Waals surface area (Å²) in [6.45, 7) is 3.26.